The van der Waals surface area contributed by atoms with E-state index >= 15 is 0 Å². The number of anilines is 1. The molecule has 0 bridgehead atoms. The number of aromatic nitrogens is 1. The molecule has 1 aliphatic heterocycles. The third-order valence-corrected chi connectivity index (χ3v) is 8.44. The molecule has 3 heterocycles. The van der Waals surface area contributed by atoms with Crippen molar-refractivity contribution < 1.29 is 19.1 Å². The van der Waals surface area contributed by atoms with E-state index in [-0.39, 0.29) is 16.7 Å². The third kappa shape index (κ3) is 4.32. The highest BCUT2D eigenvalue weighted by Crippen LogP contribution is 2.39. The standard InChI is InChI=1S/C28H27N3O4S2/c1-15-8-7-9-19(12-15)31-25(33)21(24(32)29-28(31)36)14-18-13-16(2)30(17(18)3)26-23(27(34)35-4)20-10-5-6-11-22(20)37-26/h7-9,12-14H,5-6,10-11H2,1-4H3,(H,29,32,36)/b21-14+. The Morgan fingerprint density at radius 2 is 1.89 bits per heavy atom. The lowest BCUT2D eigenvalue weighted by Crippen LogP contribution is -2.54. The summed E-state index contributed by atoms with van der Waals surface area (Å²) >= 11 is 6.95. The zero-order chi connectivity index (χ0) is 26.4. The summed E-state index contributed by atoms with van der Waals surface area (Å²) in [6.45, 7) is 5.80. The van der Waals surface area contributed by atoms with Crippen LogP contribution in [0.1, 0.15) is 56.2 Å². The average Bonchev–Trinajstić information content (AvgIpc) is 3.37. The van der Waals surface area contributed by atoms with Crippen molar-refractivity contribution in [1.29, 1.82) is 0 Å². The summed E-state index contributed by atoms with van der Waals surface area (Å²) in [5.41, 5.74) is 5.69. The molecule has 3 aromatic rings. The van der Waals surface area contributed by atoms with Gasteiger partial charge in [0.25, 0.3) is 11.8 Å². The second kappa shape index (κ2) is 9.72. The summed E-state index contributed by atoms with van der Waals surface area (Å²) in [6.07, 6.45) is 5.56. The molecule has 37 heavy (non-hydrogen) atoms. The fourth-order valence-corrected chi connectivity index (χ4v) is 6.85. The van der Waals surface area contributed by atoms with E-state index in [4.69, 9.17) is 17.0 Å². The Balaban J connectivity index is 1.60. The molecule has 0 unspecified atom stereocenters. The third-order valence-electron chi connectivity index (χ3n) is 6.88. The van der Waals surface area contributed by atoms with Gasteiger partial charge in [-0.15, -0.1) is 11.3 Å². The number of thiophene rings is 1. The number of hydrogen-bond donors (Lipinski definition) is 1. The Labute approximate surface area is 224 Å². The van der Waals surface area contributed by atoms with Gasteiger partial charge >= 0.3 is 5.97 Å². The Morgan fingerprint density at radius 3 is 2.62 bits per heavy atom. The molecule has 1 aliphatic carbocycles. The molecule has 2 aliphatic rings. The fraction of sp³-hybridized carbons (Fsp3) is 0.286. The second-order valence-corrected chi connectivity index (χ2v) is 10.8. The van der Waals surface area contributed by atoms with Gasteiger partial charge < -0.3 is 9.30 Å². The summed E-state index contributed by atoms with van der Waals surface area (Å²) in [5, 5.41) is 3.52. The van der Waals surface area contributed by atoms with Crippen LogP contribution in [0.4, 0.5) is 5.69 Å². The van der Waals surface area contributed by atoms with Crippen LogP contribution in [0, 0.1) is 20.8 Å². The number of carbonyl (C=O) groups excluding carboxylic acids is 3. The highest BCUT2D eigenvalue weighted by molar-refractivity contribution is 7.80. The molecule has 0 saturated carbocycles. The van der Waals surface area contributed by atoms with Gasteiger partial charge in [-0.2, -0.15) is 0 Å². The summed E-state index contributed by atoms with van der Waals surface area (Å²) in [4.78, 5) is 41.8. The van der Waals surface area contributed by atoms with E-state index in [1.165, 1.54) is 16.9 Å². The van der Waals surface area contributed by atoms with Crippen LogP contribution in [-0.4, -0.2) is 34.6 Å². The van der Waals surface area contributed by atoms with E-state index < -0.39 is 11.8 Å². The van der Waals surface area contributed by atoms with Crippen molar-refractivity contribution in [2.24, 2.45) is 0 Å². The number of fused-ring (bicyclic) bond motifs is 1. The number of carbonyl (C=O) groups is 3. The largest absolute Gasteiger partial charge is 0.465 e. The van der Waals surface area contributed by atoms with Gasteiger partial charge in [-0.05, 0) is 99.6 Å². The van der Waals surface area contributed by atoms with Crippen molar-refractivity contribution in [2.45, 2.75) is 46.5 Å². The maximum atomic E-state index is 13.5. The van der Waals surface area contributed by atoms with Gasteiger partial charge in [-0.1, -0.05) is 12.1 Å². The molecular formula is C28H27N3O4S2. The topological polar surface area (TPSA) is 80.6 Å². The van der Waals surface area contributed by atoms with E-state index in [1.807, 2.05) is 49.6 Å². The van der Waals surface area contributed by atoms with E-state index in [0.717, 1.165) is 58.8 Å². The predicted octanol–water partition coefficient (Wildman–Crippen LogP) is 4.96. The zero-order valence-electron chi connectivity index (χ0n) is 21.1. The van der Waals surface area contributed by atoms with Crippen molar-refractivity contribution in [3.63, 3.8) is 0 Å². The molecule has 5 rings (SSSR count). The first-order valence-corrected chi connectivity index (χ1v) is 13.3. The molecule has 1 N–H and O–H groups in total. The number of nitrogens with zero attached hydrogens (tertiary/aromatic N) is 2. The molecule has 2 amide bonds. The van der Waals surface area contributed by atoms with Gasteiger partial charge in [0.05, 0.1) is 18.4 Å². The molecule has 1 aromatic carbocycles. The van der Waals surface area contributed by atoms with Gasteiger partial charge in [0, 0.05) is 16.3 Å². The van der Waals surface area contributed by atoms with Crippen molar-refractivity contribution in [1.82, 2.24) is 9.88 Å². The van der Waals surface area contributed by atoms with Crippen molar-refractivity contribution in [2.75, 3.05) is 12.0 Å². The summed E-state index contributed by atoms with van der Waals surface area (Å²) in [5.74, 6) is -1.36. The predicted molar refractivity (Wildman–Crippen MR) is 148 cm³/mol. The number of benzene rings is 1. The summed E-state index contributed by atoms with van der Waals surface area (Å²) in [7, 11) is 1.40. The van der Waals surface area contributed by atoms with E-state index in [2.05, 4.69) is 5.32 Å². The first kappa shape index (κ1) is 25.1. The van der Waals surface area contributed by atoms with Crippen LogP contribution in [-0.2, 0) is 27.2 Å². The molecule has 190 valence electrons. The minimum absolute atomic E-state index is 0.00554. The van der Waals surface area contributed by atoms with Crippen molar-refractivity contribution in [3.05, 3.63) is 74.4 Å². The van der Waals surface area contributed by atoms with Crippen LogP contribution in [0.15, 0.2) is 35.9 Å². The van der Waals surface area contributed by atoms with Crippen molar-refractivity contribution >= 4 is 58.2 Å². The van der Waals surface area contributed by atoms with E-state index in [1.54, 1.807) is 23.5 Å². The number of esters is 1. The Kier molecular flexibility index (Phi) is 6.59. The lowest BCUT2D eigenvalue weighted by atomic mass is 9.95. The first-order valence-electron chi connectivity index (χ1n) is 12.1. The van der Waals surface area contributed by atoms with Gasteiger partial charge in [-0.3, -0.25) is 19.8 Å². The summed E-state index contributed by atoms with van der Waals surface area (Å²) < 4.78 is 7.18. The van der Waals surface area contributed by atoms with E-state index in [9.17, 15) is 14.4 Å². The van der Waals surface area contributed by atoms with Crippen LogP contribution in [0.25, 0.3) is 11.1 Å². The SMILES string of the molecule is COC(=O)c1c(-n2c(C)cc(/C=C3\C(=O)NC(=S)N(c4cccc(C)c4)C3=O)c2C)sc2c1CCCC2. The Bertz CT molecular complexity index is 1510. The molecule has 9 heteroatoms. The van der Waals surface area contributed by atoms with Crippen LogP contribution < -0.4 is 10.2 Å². The minimum atomic E-state index is -0.537. The quantitative estimate of drug-likeness (QED) is 0.222. The maximum absolute atomic E-state index is 13.5. The number of ether oxygens (including phenoxy) is 1. The average molecular weight is 534 g/mol. The van der Waals surface area contributed by atoms with Crippen LogP contribution in [0.2, 0.25) is 0 Å². The maximum Gasteiger partial charge on any atom is 0.341 e. The van der Waals surface area contributed by atoms with Crippen LogP contribution >= 0.6 is 23.6 Å². The van der Waals surface area contributed by atoms with Gasteiger partial charge in [0.1, 0.15) is 10.6 Å². The molecule has 0 atom stereocenters. The fourth-order valence-electron chi connectivity index (χ4n) is 5.08. The van der Waals surface area contributed by atoms with Crippen LogP contribution in [0.3, 0.4) is 0 Å². The number of amides is 2. The minimum Gasteiger partial charge on any atom is -0.465 e. The molecule has 1 fully saturated rings. The lowest BCUT2D eigenvalue weighted by molar-refractivity contribution is -0.122. The molecule has 1 saturated heterocycles. The lowest BCUT2D eigenvalue weighted by Gasteiger charge is -2.29. The van der Waals surface area contributed by atoms with Gasteiger partial charge in [0.15, 0.2) is 5.11 Å². The second-order valence-electron chi connectivity index (χ2n) is 9.34. The highest BCUT2D eigenvalue weighted by Gasteiger charge is 2.35. The number of thiocarbonyl (C=S) groups is 1. The number of aryl methyl sites for hydroxylation is 3. The number of methoxy groups -OCH3 is 1. The van der Waals surface area contributed by atoms with Crippen molar-refractivity contribution in [3.8, 4) is 5.00 Å². The first-order chi connectivity index (χ1) is 17.7. The smallest absolute Gasteiger partial charge is 0.341 e. The summed E-state index contributed by atoms with van der Waals surface area (Å²) in [6, 6.07) is 9.32. The molecule has 7 nitrogen and oxygen atoms in total. The number of hydrogen-bond acceptors (Lipinski definition) is 6. The van der Waals surface area contributed by atoms with Crippen LogP contribution in [0.5, 0.6) is 0 Å². The Morgan fingerprint density at radius 1 is 1.14 bits per heavy atom. The molecule has 0 radical (unpaired) electrons. The molecule has 0 spiro atoms. The van der Waals surface area contributed by atoms with Gasteiger partial charge in [0.2, 0.25) is 0 Å². The highest BCUT2D eigenvalue weighted by atomic mass is 32.1. The molecular weight excluding hydrogens is 506 g/mol. The Hall–Kier alpha value is -3.56. The normalized spacial score (nSPS) is 16.7. The molecule has 2 aromatic heterocycles. The van der Waals surface area contributed by atoms with E-state index in [0.29, 0.717) is 11.3 Å². The number of rotatable bonds is 4. The number of nitrogens with one attached hydrogen (secondary N) is 1. The monoisotopic (exact) mass is 533 g/mol. The van der Waals surface area contributed by atoms with Gasteiger partial charge in [-0.25, -0.2) is 4.79 Å². The zero-order valence-corrected chi connectivity index (χ0v) is 22.8.